The van der Waals surface area contributed by atoms with E-state index >= 15 is 0 Å². The molecule has 0 radical (unpaired) electrons. The van der Waals surface area contributed by atoms with Crippen molar-refractivity contribution in [1.29, 1.82) is 0 Å². The van der Waals surface area contributed by atoms with Gasteiger partial charge in [0.15, 0.2) is 0 Å². The van der Waals surface area contributed by atoms with Gasteiger partial charge < -0.3 is 10.2 Å². The number of hydrogen-bond acceptors (Lipinski definition) is 4. The standard InChI is InChI=1S/C30H56N4/c1-31-28-23-15-8-16-24-30(33(3)26-19-11-6-12-20-26,34(4)27-21-13-7-14-22-27)29(28)32(2)25-17-9-5-10-18-25/h25-27,31H,5-24H2,1-4H3/b29-28-. The summed E-state index contributed by atoms with van der Waals surface area (Å²) in [5.41, 5.74) is 3.20. The Morgan fingerprint density at radius 2 is 1.03 bits per heavy atom. The molecule has 4 rings (SSSR count). The Morgan fingerprint density at radius 1 is 0.588 bits per heavy atom. The molecule has 0 aromatic carbocycles. The van der Waals surface area contributed by atoms with Crippen molar-refractivity contribution < 1.29 is 0 Å². The molecule has 1 N–H and O–H groups in total. The maximum Gasteiger partial charge on any atom is 0.117 e. The van der Waals surface area contributed by atoms with Gasteiger partial charge in [0, 0.05) is 37.9 Å². The van der Waals surface area contributed by atoms with E-state index in [9.17, 15) is 0 Å². The second-order valence-corrected chi connectivity index (χ2v) is 12.2. The number of hydrogen-bond donors (Lipinski definition) is 1. The van der Waals surface area contributed by atoms with Crippen molar-refractivity contribution in [2.45, 2.75) is 152 Å². The van der Waals surface area contributed by atoms with Crippen LogP contribution in [0.4, 0.5) is 0 Å². The van der Waals surface area contributed by atoms with Crippen molar-refractivity contribution in [1.82, 2.24) is 20.0 Å². The summed E-state index contributed by atoms with van der Waals surface area (Å²) in [4.78, 5) is 8.67. The normalized spacial score (nSPS) is 28.6. The number of rotatable bonds is 7. The van der Waals surface area contributed by atoms with Crippen LogP contribution in [-0.4, -0.2) is 66.7 Å². The third-order valence-corrected chi connectivity index (χ3v) is 10.3. The topological polar surface area (TPSA) is 21.8 Å². The molecule has 0 atom stereocenters. The van der Waals surface area contributed by atoms with Crippen LogP contribution in [0.2, 0.25) is 0 Å². The van der Waals surface area contributed by atoms with Crippen LogP contribution >= 0.6 is 0 Å². The van der Waals surface area contributed by atoms with Gasteiger partial charge in [0.2, 0.25) is 0 Å². The van der Waals surface area contributed by atoms with Crippen LogP contribution < -0.4 is 5.32 Å². The lowest BCUT2D eigenvalue weighted by atomic mass is 9.81. The molecule has 0 spiro atoms. The zero-order valence-electron chi connectivity index (χ0n) is 23.2. The molecule has 0 aromatic heterocycles. The molecule has 0 amide bonds. The van der Waals surface area contributed by atoms with Gasteiger partial charge >= 0.3 is 0 Å². The molecular formula is C30H56N4. The second-order valence-electron chi connectivity index (χ2n) is 12.2. The first kappa shape index (κ1) is 26.3. The summed E-state index contributed by atoms with van der Waals surface area (Å²) in [5, 5.41) is 3.80. The lowest BCUT2D eigenvalue weighted by Crippen LogP contribution is -2.68. The smallest absolute Gasteiger partial charge is 0.117 e. The van der Waals surface area contributed by atoms with Gasteiger partial charge in [-0.25, -0.2) is 0 Å². The molecule has 0 bridgehead atoms. The highest BCUT2D eigenvalue weighted by Crippen LogP contribution is 2.45. The Hall–Kier alpha value is -0.740. The van der Waals surface area contributed by atoms with E-state index in [-0.39, 0.29) is 5.66 Å². The molecule has 4 heteroatoms. The zero-order chi connectivity index (χ0) is 24.0. The monoisotopic (exact) mass is 472 g/mol. The van der Waals surface area contributed by atoms with Crippen molar-refractivity contribution in [3.8, 4) is 0 Å². The van der Waals surface area contributed by atoms with Crippen LogP contribution in [0.5, 0.6) is 0 Å². The molecule has 34 heavy (non-hydrogen) atoms. The predicted octanol–water partition coefficient (Wildman–Crippen LogP) is 6.87. The van der Waals surface area contributed by atoms with Crippen molar-refractivity contribution in [3.63, 3.8) is 0 Å². The predicted molar refractivity (Wildman–Crippen MR) is 146 cm³/mol. The molecule has 0 aliphatic heterocycles. The van der Waals surface area contributed by atoms with Gasteiger partial charge in [-0.3, -0.25) is 9.80 Å². The third kappa shape index (κ3) is 5.48. The molecule has 196 valence electrons. The molecule has 0 saturated heterocycles. The lowest BCUT2D eigenvalue weighted by Gasteiger charge is -2.59. The summed E-state index contributed by atoms with van der Waals surface area (Å²) in [5.74, 6) is 0. The van der Waals surface area contributed by atoms with E-state index in [1.807, 2.05) is 0 Å². The molecule has 3 saturated carbocycles. The Kier molecular flexibility index (Phi) is 9.66. The highest BCUT2D eigenvalue weighted by atomic mass is 15.4. The van der Waals surface area contributed by atoms with E-state index in [0.29, 0.717) is 18.1 Å². The van der Waals surface area contributed by atoms with Gasteiger partial charge in [0.05, 0.1) is 5.70 Å². The lowest BCUT2D eigenvalue weighted by molar-refractivity contribution is -0.0878. The summed E-state index contributed by atoms with van der Waals surface area (Å²) in [7, 11) is 9.73. The van der Waals surface area contributed by atoms with E-state index in [4.69, 9.17) is 0 Å². The number of nitrogens with zero attached hydrogens (tertiary/aromatic N) is 3. The molecule has 4 aliphatic rings. The fourth-order valence-electron chi connectivity index (χ4n) is 8.19. The van der Waals surface area contributed by atoms with Crippen LogP contribution in [0.15, 0.2) is 11.4 Å². The Morgan fingerprint density at radius 3 is 1.50 bits per heavy atom. The minimum Gasteiger partial charge on any atom is -0.390 e. The van der Waals surface area contributed by atoms with E-state index < -0.39 is 0 Å². The number of nitrogens with one attached hydrogen (secondary N) is 1. The highest BCUT2D eigenvalue weighted by molar-refractivity contribution is 5.27. The fourth-order valence-corrected chi connectivity index (χ4v) is 8.19. The first-order chi connectivity index (χ1) is 16.6. The SMILES string of the molecule is CN/C1=C(\N(C)C2CCCCC2)C(N(C)C2CCCCC2)(N(C)C2CCCCC2)CCCCC1. The summed E-state index contributed by atoms with van der Waals surface area (Å²) < 4.78 is 0. The van der Waals surface area contributed by atoms with Crippen LogP contribution in [0.25, 0.3) is 0 Å². The van der Waals surface area contributed by atoms with E-state index in [1.165, 1.54) is 134 Å². The molecule has 4 aliphatic carbocycles. The van der Waals surface area contributed by atoms with Gasteiger partial charge in [-0.2, -0.15) is 0 Å². The van der Waals surface area contributed by atoms with Gasteiger partial charge in [-0.15, -0.1) is 0 Å². The Bertz CT molecular complexity index is 616. The minimum atomic E-state index is 0.00890. The quantitative estimate of drug-likeness (QED) is 0.408. The first-order valence-corrected chi connectivity index (χ1v) is 15.2. The maximum atomic E-state index is 3.80. The molecular weight excluding hydrogens is 416 g/mol. The van der Waals surface area contributed by atoms with Gasteiger partial charge in [0.25, 0.3) is 0 Å². The van der Waals surface area contributed by atoms with Crippen molar-refractivity contribution in [3.05, 3.63) is 11.4 Å². The highest BCUT2D eigenvalue weighted by Gasteiger charge is 2.50. The van der Waals surface area contributed by atoms with E-state index in [0.717, 1.165) is 0 Å². The number of allylic oxidation sites excluding steroid dienone is 1. The number of likely N-dealkylation sites (N-methyl/N-ethyl adjacent to an activating group) is 3. The Balaban J connectivity index is 1.82. The van der Waals surface area contributed by atoms with Crippen molar-refractivity contribution >= 4 is 0 Å². The molecule has 3 fully saturated rings. The zero-order valence-corrected chi connectivity index (χ0v) is 23.2. The average molecular weight is 473 g/mol. The van der Waals surface area contributed by atoms with Crippen molar-refractivity contribution in [2.24, 2.45) is 0 Å². The fraction of sp³-hybridized carbons (Fsp3) is 0.933. The summed E-state index contributed by atoms with van der Waals surface area (Å²) in [6, 6.07) is 2.13. The van der Waals surface area contributed by atoms with Crippen LogP contribution in [-0.2, 0) is 0 Å². The minimum absolute atomic E-state index is 0.00890. The average Bonchev–Trinajstić information content (AvgIpc) is 2.89. The molecule has 0 aromatic rings. The first-order valence-electron chi connectivity index (χ1n) is 15.2. The summed E-state index contributed by atoms with van der Waals surface area (Å²) >= 11 is 0. The largest absolute Gasteiger partial charge is 0.390 e. The van der Waals surface area contributed by atoms with E-state index in [1.54, 1.807) is 5.70 Å². The second kappa shape index (κ2) is 12.5. The van der Waals surface area contributed by atoms with Crippen LogP contribution in [0.1, 0.15) is 128 Å². The van der Waals surface area contributed by atoms with Crippen LogP contribution in [0, 0.1) is 0 Å². The molecule has 4 nitrogen and oxygen atoms in total. The molecule has 0 unspecified atom stereocenters. The van der Waals surface area contributed by atoms with Crippen LogP contribution in [0.3, 0.4) is 0 Å². The van der Waals surface area contributed by atoms with Gasteiger partial charge in [-0.05, 0) is 78.3 Å². The van der Waals surface area contributed by atoms with Crippen molar-refractivity contribution in [2.75, 3.05) is 28.2 Å². The van der Waals surface area contributed by atoms with Gasteiger partial charge in [-0.1, -0.05) is 64.2 Å². The summed E-state index contributed by atoms with van der Waals surface area (Å²) in [6.45, 7) is 0. The van der Waals surface area contributed by atoms with E-state index in [2.05, 4.69) is 48.2 Å². The maximum absolute atomic E-state index is 3.80. The Labute approximate surface area is 211 Å². The molecule has 0 heterocycles. The van der Waals surface area contributed by atoms with Gasteiger partial charge in [0.1, 0.15) is 5.66 Å². The summed E-state index contributed by atoms with van der Waals surface area (Å²) in [6.07, 6.45) is 27.5. The third-order valence-electron chi connectivity index (χ3n) is 10.3.